The van der Waals surface area contributed by atoms with Crippen molar-refractivity contribution in [3.8, 4) is 0 Å². The fraction of sp³-hybridized carbons (Fsp3) is 0.900. The van der Waals surface area contributed by atoms with Crippen LogP contribution in [0, 0.1) is 5.92 Å². The van der Waals surface area contributed by atoms with Crippen molar-refractivity contribution < 1.29 is 9.53 Å². The number of hydrogen-bond acceptors (Lipinski definition) is 3. The van der Waals surface area contributed by atoms with Gasteiger partial charge in [0.2, 0.25) is 0 Å². The number of ether oxygens (including phenoxy) is 1. The second-order valence-electron chi connectivity index (χ2n) is 4.65. The summed E-state index contributed by atoms with van der Waals surface area (Å²) in [6.07, 6.45) is 1.66. The third kappa shape index (κ3) is 4.27. The van der Waals surface area contributed by atoms with Gasteiger partial charge in [0.15, 0.2) is 0 Å². The van der Waals surface area contributed by atoms with Crippen molar-refractivity contribution in [3.63, 3.8) is 0 Å². The molecular formula is C10H19NO2. The van der Waals surface area contributed by atoms with Crippen molar-refractivity contribution in [1.29, 1.82) is 0 Å². The Kier molecular flexibility index (Phi) is 3.31. The molecule has 0 aromatic carbocycles. The molecule has 1 fully saturated rings. The molecule has 1 saturated heterocycles. The van der Waals surface area contributed by atoms with E-state index >= 15 is 0 Å². The van der Waals surface area contributed by atoms with Crippen molar-refractivity contribution in [2.75, 3.05) is 13.1 Å². The Morgan fingerprint density at radius 3 is 2.69 bits per heavy atom. The average Bonchev–Trinajstić information content (AvgIpc) is 2.34. The lowest BCUT2D eigenvalue weighted by Crippen LogP contribution is -2.25. The summed E-state index contributed by atoms with van der Waals surface area (Å²) < 4.78 is 5.23. The predicted octanol–water partition coefficient (Wildman–Crippen LogP) is 1.33. The van der Waals surface area contributed by atoms with Gasteiger partial charge < -0.3 is 10.1 Å². The van der Waals surface area contributed by atoms with E-state index in [-0.39, 0.29) is 11.6 Å². The van der Waals surface area contributed by atoms with E-state index in [1.54, 1.807) is 0 Å². The quantitative estimate of drug-likeness (QED) is 0.659. The Hall–Kier alpha value is -0.570. The largest absolute Gasteiger partial charge is 0.460 e. The van der Waals surface area contributed by atoms with Crippen LogP contribution >= 0.6 is 0 Å². The predicted molar refractivity (Wildman–Crippen MR) is 51.4 cm³/mol. The van der Waals surface area contributed by atoms with Gasteiger partial charge in [-0.05, 0) is 46.2 Å². The van der Waals surface area contributed by atoms with Crippen LogP contribution in [0.5, 0.6) is 0 Å². The molecule has 3 heteroatoms. The Labute approximate surface area is 79.8 Å². The van der Waals surface area contributed by atoms with Gasteiger partial charge in [0.05, 0.1) is 0 Å². The number of carbonyl (C=O) groups excluding carboxylic acids is 1. The van der Waals surface area contributed by atoms with Crippen LogP contribution in [0.15, 0.2) is 0 Å². The minimum absolute atomic E-state index is 0.0683. The van der Waals surface area contributed by atoms with E-state index in [1.165, 1.54) is 0 Å². The summed E-state index contributed by atoms with van der Waals surface area (Å²) in [6, 6.07) is 0. The first kappa shape index (κ1) is 10.5. The first-order valence-corrected chi connectivity index (χ1v) is 4.90. The Bertz CT molecular complexity index is 178. The van der Waals surface area contributed by atoms with Crippen molar-refractivity contribution in [3.05, 3.63) is 0 Å². The molecule has 0 spiro atoms. The van der Waals surface area contributed by atoms with Crippen LogP contribution in [0.3, 0.4) is 0 Å². The van der Waals surface area contributed by atoms with Gasteiger partial charge in [0.1, 0.15) is 5.60 Å². The molecule has 1 aliphatic heterocycles. The van der Waals surface area contributed by atoms with E-state index in [9.17, 15) is 4.79 Å². The van der Waals surface area contributed by atoms with Crippen molar-refractivity contribution >= 4 is 5.97 Å². The van der Waals surface area contributed by atoms with Gasteiger partial charge in [-0.1, -0.05) is 0 Å². The Morgan fingerprint density at radius 2 is 2.23 bits per heavy atom. The molecule has 1 aliphatic rings. The van der Waals surface area contributed by atoms with Crippen LogP contribution in [0.4, 0.5) is 0 Å². The molecule has 0 aliphatic carbocycles. The van der Waals surface area contributed by atoms with Crippen LogP contribution < -0.4 is 5.32 Å². The lowest BCUT2D eigenvalue weighted by Gasteiger charge is -2.20. The maximum atomic E-state index is 11.4. The van der Waals surface area contributed by atoms with Crippen molar-refractivity contribution in [1.82, 2.24) is 5.32 Å². The fourth-order valence-corrected chi connectivity index (χ4v) is 1.51. The fourth-order valence-electron chi connectivity index (χ4n) is 1.51. The first-order chi connectivity index (χ1) is 5.97. The molecule has 0 amide bonds. The lowest BCUT2D eigenvalue weighted by molar-refractivity contribution is -0.155. The summed E-state index contributed by atoms with van der Waals surface area (Å²) in [4.78, 5) is 11.4. The van der Waals surface area contributed by atoms with Crippen LogP contribution in [-0.4, -0.2) is 24.7 Å². The normalized spacial score (nSPS) is 23.2. The van der Waals surface area contributed by atoms with Gasteiger partial charge in [-0.3, -0.25) is 4.79 Å². The van der Waals surface area contributed by atoms with Gasteiger partial charge in [-0.25, -0.2) is 0 Å². The van der Waals surface area contributed by atoms with Crippen LogP contribution in [0.25, 0.3) is 0 Å². The third-order valence-electron chi connectivity index (χ3n) is 2.04. The zero-order valence-electron chi connectivity index (χ0n) is 8.72. The molecule has 0 aromatic heterocycles. The summed E-state index contributed by atoms with van der Waals surface area (Å²) in [5.41, 5.74) is -0.344. The molecule has 1 N–H and O–H groups in total. The molecule has 0 aromatic rings. The highest BCUT2D eigenvalue weighted by Crippen LogP contribution is 2.15. The minimum atomic E-state index is -0.344. The van der Waals surface area contributed by atoms with E-state index in [4.69, 9.17) is 4.74 Å². The van der Waals surface area contributed by atoms with Gasteiger partial charge in [0.25, 0.3) is 0 Å². The van der Waals surface area contributed by atoms with E-state index in [0.29, 0.717) is 12.3 Å². The molecule has 0 radical (unpaired) electrons. The van der Waals surface area contributed by atoms with E-state index in [1.807, 2.05) is 20.8 Å². The second-order valence-corrected chi connectivity index (χ2v) is 4.65. The van der Waals surface area contributed by atoms with Gasteiger partial charge >= 0.3 is 5.97 Å². The summed E-state index contributed by atoms with van der Waals surface area (Å²) in [5.74, 6) is 0.413. The highest BCUT2D eigenvalue weighted by molar-refractivity contribution is 5.70. The molecule has 0 unspecified atom stereocenters. The number of hydrogen-bond donors (Lipinski definition) is 1. The van der Waals surface area contributed by atoms with E-state index < -0.39 is 0 Å². The lowest BCUT2D eigenvalue weighted by atomic mass is 10.1. The number of nitrogens with one attached hydrogen (secondary N) is 1. The summed E-state index contributed by atoms with van der Waals surface area (Å²) in [5, 5.41) is 3.23. The average molecular weight is 185 g/mol. The highest BCUT2D eigenvalue weighted by Gasteiger charge is 2.22. The van der Waals surface area contributed by atoms with Crippen molar-refractivity contribution in [2.24, 2.45) is 5.92 Å². The third-order valence-corrected chi connectivity index (χ3v) is 2.04. The van der Waals surface area contributed by atoms with Gasteiger partial charge in [-0.15, -0.1) is 0 Å². The number of carbonyl (C=O) groups is 1. The Morgan fingerprint density at radius 1 is 1.54 bits per heavy atom. The van der Waals surface area contributed by atoms with Crippen LogP contribution in [-0.2, 0) is 9.53 Å². The molecule has 13 heavy (non-hydrogen) atoms. The van der Waals surface area contributed by atoms with E-state index in [2.05, 4.69) is 5.32 Å². The van der Waals surface area contributed by atoms with Gasteiger partial charge in [0, 0.05) is 6.42 Å². The standard InChI is InChI=1S/C10H19NO2/c1-10(2,3)13-9(12)6-8-4-5-11-7-8/h8,11H,4-7H2,1-3H3/t8-/m1/s1. The van der Waals surface area contributed by atoms with Crippen molar-refractivity contribution in [2.45, 2.75) is 39.2 Å². The number of rotatable bonds is 2. The van der Waals surface area contributed by atoms with Crippen LogP contribution in [0.1, 0.15) is 33.6 Å². The molecule has 76 valence electrons. The molecule has 0 saturated carbocycles. The first-order valence-electron chi connectivity index (χ1n) is 4.90. The molecule has 1 rings (SSSR count). The number of esters is 1. The molecule has 1 atom stereocenters. The Balaban J connectivity index is 2.24. The van der Waals surface area contributed by atoms with Gasteiger partial charge in [-0.2, -0.15) is 0 Å². The van der Waals surface area contributed by atoms with E-state index in [0.717, 1.165) is 19.5 Å². The minimum Gasteiger partial charge on any atom is -0.460 e. The summed E-state index contributed by atoms with van der Waals surface area (Å²) in [6.45, 7) is 7.69. The SMILES string of the molecule is CC(C)(C)OC(=O)C[C@H]1CCNC1. The maximum Gasteiger partial charge on any atom is 0.306 e. The summed E-state index contributed by atoms with van der Waals surface area (Å²) in [7, 11) is 0. The zero-order valence-corrected chi connectivity index (χ0v) is 8.72. The summed E-state index contributed by atoms with van der Waals surface area (Å²) >= 11 is 0. The molecule has 0 bridgehead atoms. The second kappa shape index (κ2) is 4.09. The molecular weight excluding hydrogens is 166 g/mol. The maximum absolute atomic E-state index is 11.4. The highest BCUT2D eigenvalue weighted by atomic mass is 16.6. The topological polar surface area (TPSA) is 38.3 Å². The van der Waals surface area contributed by atoms with Crippen LogP contribution in [0.2, 0.25) is 0 Å². The smallest absolute Gasteiger partial charge is 0.306 e. The molecule has 1 heterocycles. The molecule has 3 nitrogen and oxygen atoms in total. The zero-order chi connectivity index (χ0) is 9.90. The monoisotopic (exact) mass is 185 g/mol.